The maximum atomic E-state index is 4.32. The van der Waals surface area contributed by atoms with Crippen molar-refractivity contribution in [3.8, 4) is 0 Å². The zero-order valence-corrected chi connectivity index (χ0v) is 62.0. The molecule has 1 aromatic heterocycles. The first-order chi connectivity index (χ1) is 39.9. The van der Waals surface area contributed by atoms with Crippen molar-refractivity contribution in [1.29, 1.82) is 0 Å². The highest BCUT2D eigenvalue weighted by molar-refractivity contribution is 5.82. The second kappa shape index (κ2) is 35.4. The number of fused-ring (bicyclic) bond motifs is 4. The fourth-order valence-corrected chi connectivity index (χ4v) is 14.1. The molecule has 10 fully saturated rings. The molecule has 8 heteroatoms. The molecule has 8 nitrogen and oxygen atoms in total. The molecule has 1 aromatic carbocycles. The lowest BCUT2D eigenvalue weighted by atomic mass is 9.80. The average Bonchev–Trinajstić information content (AvgIpc) is 1.97. The van der Waals surface area contributed by atoms with Crippen LogP contribution in [-0.4, -0.2) is 160 Å². The molecule has 4 unspecified atom stereocenters. The minimum Gasteiger partial charge on any atom is -0.314 e. The number of piperidine rings is 3. The van der Waals surface area contributed by atoms with Gasteiger partial charge in [0.25, 0.3) is 0 Å². The average molecular weight is 1200 g/mol. The van der Waals surface area contributed by atoms with Gasteiger partial charge in [0.05, 0.1) is 5.52 Å². The van der Waals surface area contributed by atoms with Crippen molar-refractivity contribution in [1.82, 2.24) is 39.7 Å². The molecule has 2 bridgehead atoms. The lowest BCUT2D eigenvalue weighted by Gasteiger charge is -2.42. The van der Waals surface area contributed by atoms with Gasteiger partial charge in [-0.1, -0.05) is 92.9 Å². The highest BCUT2D eigenvalue weighted by Gasteiger charge is 2.45. The molecule has 0 spiro atoms. The molecule has 2 aromatic rings. The van der Waals surface area contributed by atoms with E-state index in [1.807, 2.05) is 12.3 Å². The number of aromatic nitrogens is 1. The van der Waals surface area contributed by atoms with Gasteiger partial charge < -0.3 is 15.1 Å². The molecule has 6 aliphatic heterocycles. The Hall–Kier alpha value is -1.65. The van der Waals surface area contributed by atoms with Gasteiger partial charge in [-0.15, -0.1) is 0 Å². The molecular weight excluding hydrogens is 1050 g/mol. The third-order valence-electron chi connectivity index (χ3n) is 21.0. The van der Waals surface area contributed by atoms with E-state index in [0.29, 0.717) is 38.9 Å². The first kappa shape index (κ1) is 76.8. The molecule has 0 radical (unpaired) electrons. The molecule has 86 heavy (non-hydrogen) atoms. The maximum absolute atomic E-state index is 4.32. The molecule has 7 heterocycles. The predicted octanol–water partition coefficient (Wildman–Crippen LogP) is 18.8. The van der Waals surface area contributed by atoms with Crippen LogP contribution in [0.2, 0.25) is 0 Å². The van der Waals surface area contributed by atoms with Crippen LogP contribution in [-0.2, 0) is 0 Å². The van der Waals surface area contributed by atoms with Crippen molar-refractivity contribution in [3.63, 3.8) is 0 Å². The normalized spacial score (nSPS) is 25.1. The number of nitrogens with zero attached hydrogens (tertiary/aromatic N) is 7. The molecule has 6 saturated heterocycles. The van der Waals surface area contributed by atoms with E-state index in [1.54, 1.807) is 0 Å². The van der Waals surface area contributed by atoms with E-state index in [4.69, 9.17) is 0 Å². The summed E-state index contributed by atoms with van der Waals surface area (Å²) in [5.41, 5.74) is 5.26. The van der Waals surface area contributed by atoms with Crippen LogP contribution in [0.5, 0.6) is 0 Å². The highest BCUT2D eigenvalue weighted by atomic mass is 15.2. The second-order valence-corrected chi connectivity index (χ2v) is 35.5. The number of benzene rings is 1. The summed E-state index contributed by atoms with van der Waals surface area (Å²) in [7, 11) is 0. The SMILES string of the molecule is CC(C)(C)C1CC1.CC(C)(C)C1CCCC1.CC(C)(C)N1CC2CCC(C2)C1.CC(C)(C)N1CCC1.CC(C)(C)N1CCCCC1.CC(C)(C)N1CCNCC1.CC(C)N1CC2CC2C1.CC(C)N1CCCC1.CC(C)c1cccc2ncccc12. The van der Waals surface area contributed by atoms with Crippen LogP contribution < -0.4 is 5.32 Å². The molecule has 10 aliphatic rings. The number of piperazine rings is 1. The first-order valence-electron chi connectivity index (χ1n) is 36.5. The summed E-state index contributed by atoms with van der Waals surface area (Å²) in [6, 6.07) is 12.0. The van der Waals surface area contributed by atoms with Crippen LogP contribution >= 0.6 is 0 Å². The van der Waals surface area contributed by atoms with E-state index in [9.17, 15) is 0 Å². The van der Waals surface area contributed by atoms with Gasteiger partial charge in [-0.2, -0.15) is 0 Å². The van der Waals surface area contributed by atoms with Crippen LogP contribution in [0.1, 0.15) is 280 Å². The van der Waals surface area contributed by atoms with E-state index in [1.165, 1.54) is 192 Å². The fourth-order valence-electron chi connectivity index (χ4n) is 14.1. The monoisotopic (exact) mass is 1200 g/mol. The van der Waals surface area contributed by atoms with Crippen molar-refractivity contribution in [3.05, 3.63) is 42.1 Å². The van der Waals surface area contributed by atoms with E-state index < -0.39 is 0 Å². The van der Waals surface area contributed by atoms with E-state index in [-0.39, 0.29) is 0 Å². The Morgan fingerprint density at radius 3 is 1.16 bits per heavy atom. The Kier molecular flexibility index (Phi) is 31.6. The Labute approximate surface area is 537 Å². The summed E-state index contributed by atoms with van der Waals surface area (Å²) >= 11 is 0. The Morgan fingerprint density at radius 1 is 0.407 bits per heavy atom. The number of pyridine rings is 1. The molecule has 4 saturated carbocycles. The third-order valence-corrected chi connectivity index (χ3v) is 21.0. The van der Waals surface area contributed by atoms with Crippen molar-refractivity contribution in [2.24, 2.45) is 46.3 Å². The topological polar surface area (TPSA) is 44.4 Å². The van der Waals surface area contributed by atoms with Crippen molar-refractivity contribution >= 4 is 10.9 Å². The predicted molar refractivity (Wildman–Crippen MR) is 381 cm³/mol. The largest absolute Gasteiger partial charge is 0.314 e. The summed E-state index contributed by atoms with van der Waals surface area (Å²) < 4.78 is 0. The number of nitrogens with one attached hydrogen (secondary N) is 1. The van der Waals surface area contributed by atoms with Crippen LogP contribution in [0.25, 0.3) is 10.9 Å². The molecule has 4 atom stereocenters. The maximum Gasteiger partial charge on any atom is 0.0704 e. The fraction of sp³-hybridized carbons (Fsp3) is 0.885. The second-order valence-electron chi connectivity index (χ2n) is 35.5. The van der Waals surface area contributed by atoms with Crippen molar-refractivity contribution in [2.75, 3.05) is 91.6 Å². The van der Waals surface area contributed by atoms with Gasteiger partial charge >= 0.3 is 0 Å². The molecular formula is C78H148N8. The molecule has 500 valence electrons. The zero-order valence-electron chi connectivity index (χ0n) is 62.0. The lowest BCUT2D eigenvalue weighted by molar-refractivity contribution is 0.0690. The number of likely N-dealkylation sites (tertiary alicyclic amines) is 5. The summed E-state index contributed by atoms with van der Waals surface area (Å²) in [5, 5.41) is 4.62. The number of hydrogen-bond acceptors (Lipinski definition) is 8. The van der Waals surface area contributed by atoms with Crippen LogP contribution in [0.3, 0.4) is 0 Å². The van der Waals surface area contributed by atoms with Gasteiger partial charge in [0, 0.05) is 98.2 Å². The smallest absolute Gasteiger partial charge is 0.0704 e. The number of rotatable bonds is 3. The summed E-state index contributed by atoms with van der Waals surface area (Å²) in [6.07, 6.45) is 25.2. The lowest BCUT2D eigenvalue weighted by Crippen LogP contribution is -2.51. The Bertz CT molecular complexity index is 2030. The summed E-state index contributed by atoms with van der Waals surface area (Å²) in [5.74, 6) is 6.89. The minimum absolute atomic E-state index is 0.363. The third kappa shape index (κ3) is 28.9. The summed E-state index contributed by atoms with van der Waals surface area (Å²) in [4.78, 5) is 19.7. The van der Waals surface area contributed by atoms with Gasteiger partial charge in [-0.25, -0.2) is 0 Å². The van der Waals surface area contributed by atoms with Crippen molar-refractivity contribution < 1.29 is 0 Å². The van der Waals surface area contributed by atoms with Crippen LogP contribution in [0.15, 0.2) is 36.5 Å². The molecule has 12 rings (SSSR count). The summed E-state index contributed by atoms with van der Waals surface area (Å²) in [6.45, 7) is 73.3. The van der Waals surface area contributed by atoms with E-state index in [0.717, 1.165) is 66.2 Å². The van der Waals surface area contributed by atoms with Gasteiger partial charge in [0.1, 0.15) is 0 Å². The zero-order chi connectivity index (χ0) is 64.3. The molecule has 0 amide bonds. The first-order valence-corrected chi connectivity index (χ1v) is 36.5. The van der Waals surface area contributed by atoms with E-state index >= 15 is 0 Å². The highest BCUT2D eigenvalue weighted by Crippen LogP contribution is 2.46. The van der Waals surface area contributed by atoms with Gasteiger partial charge in [-0.05, 0) is 303 Å². The van der Waals surface area contributed by atoms with Crippen molar-refractivity contribution in [2.45, 2.75) is 309 Å². The standard InChI is InChI=1S/C12H13N.C11H21N.C9H19N.C9H18.C8H18N2.C8H15N.2C7H15N.C7H14/c1-9(2)10-5-3-7-12-11(10)6-4-8-13-12;1-11(2,3)12-7-9-4-5-10(6-9)8-12;1-9(2,3)10-7-5-4-6-8-10;1-9(2,3)8-6-4-5-7-8;1-8(2,3)10-6-4-9-5-7-10;1-6(2)9-4-7-3-8(7)5-9;1-7(2,3)8-5-4-6-8;1-7(2)8-5-3-4-6-8;1-7(2,3)6-4-5-6/h3-9H,1-2H3;9-10H,4-8H2,1-3H3;4-8H2,1-3H3;8H,4-7H2,1-3H3;9H,4-7H2,1-3H3;6-8H,3-5H2,1-2H3;4-6H2,1-3H3;7H,3-6H2,1-2H3;6H,4-5H2,1-3H3. The van der Waals surface area contributed by atoms with Crippen LogP contribution in [0.4, 0.5) is 0 Å². The minimum atomic E-state index is 0.363. The Balaban J connectivity index is 0.000000208. The molecule has 4 aliphatic carbocycles. The van der Waals surface area contributed by atoms with Gasteiger partial charge in [0.15, 0.2) is 0 Å². The van der Waals surface area contributed by atoms with Crippen LogP contribution in [0, 0.1) is 46.3 Å². The number of hydrogen-bond donors (Lipinski definition) is 1. The Morgan fingerprint density at radius 2 is 0.837 bits per heavy atom. The molecule has 1 N–H and O–H groups in total. The van der Waals surface area contributed by atoms with Gasteiger partial charge in [0.2, 0.25) is 0 Å². The quantitative estimate of drug-likeness (QED) is 0.326. The van der Waals surface area contributed by atoms with E-state index in [2.05, 4.69) is 230 Å². The van der Waals surface area contributed by atoms with Gasteiger partial charge in [-0.3, -0.25) is 24.6 Å².